The first-order valence-electron chi connectivity index (χ1n) is 9.13. The molecule has 4 rings (SSSR count). The van der Waals surface area contributed by atoms with Crippen LogP contribution in [-0.2, 0) is 0 Å². The second-order valence-electron chi connectivity index (χ2n) is 8.86. The van der Waals surface area contributed by atoms with Crippen molar-refractivity contribution >= 4 is 0 Å². The quantitative estimate of drug-likeness (QED) is 0.570. The van der Waals surface area contributed by atoms with Gasteiger partial charge in [-0.25, -0.2) is 0 Å². The van der Waals surface area contributed by atoms with Crippen LogP contribution in [0, 0.1) is 39.4 Å². The van der Waals surface area contributed by atoms with E-state index in [9.17, 15) is 4.91 Å². The standard InChI is InChI=1S/C19H29NO/c1-18-9-5-7-14(18)17-15(8-11-18)19(2)10-4-3-6-13(19)12-16(17)20-21/h12-15,17H,3-11H2,1-2H3/t13?,14-,15-,17-,18-,19-/m0/s1. The predicted octanol–water partition coefficient (Wildman–Crippen LogP) is 5.68. The molecule has 1 unspecified atom stereocenters. The molecule has 0 amide bonds. The van der Waals surface area contributed by atoms with E-state index in [1.165, 1.54) is 57.8 Å². The molecule has 0 aromatic heterocycles. The van der Waals surface area contributed by atoms with Crippen molar-refractivity contribution in [3.05, 3.63) is 16.7 Å². The Balaban J connectivity index is 1.78. The third-order valence-corrected chi connectivity index (χ3v) is 8.05. The van der Waals surface area contributed by atoms with Crippen LogP contribution in [0.1, 0.15) is 71.6 Å². The molecule has 0 saturated heterocycles. The summed E-state index contributed by atoms with van der Waals surface area (Å²) in [5.74, 6) is 2.53. The fourth-order valence-electron chi connectivity index (χ4n) is 6.81. The Morgan fingerprint density at radius 2 is 1.86 bits per heavy atom. The maximum atomic E-state index is 11.6. The van der Waals surface area contributed by atoms with E-state index in [1.54, 1.807) is 0 Å². The molecule has 6 atom stereocenters. The first-order chi connectivity index (χ1) is 10.1. The minimum absolute atomic E-state index is 0.445. The third-order valence-electron chi connectivity index (χ3n) is 8.05. The van der Waals surface area contributed by atoms with Crippen molar-refractivity contribution in [2.24, 2.45) is 39.7 Å². The summed E-state index contributed by atoms with van der Waals surface area (Å²) in [5, 5.41) is 3.56. The van der Waals surface area contributed by atoms with Gasteiger partial charge in [0.05, 0.1) is 5.70 Å². The Hall–Kier alpha value is -0.660. The molecule has 4 aliphatic rings. The van der Waals surface area contributed by atoms with Crippen molar-refractivity contribution in [3.63, 3.8) is 0 Å². The second kappa shape index (κ2) is 4.67. The van der Waals surface area contributed by atoms with Crippen LogP contribution in [0.4, 0.5) is 0 Å². The number of nitroso groups, excluding NO2 is 1. The van der Waals surface area contributed by atoms with Gasteiger partial charge in [-0.1, -0.05) is 39.2 Å². The van der Waals surface area contributed by atoms with E-state index in [1.807, 2.05) is 0 Å². The van der Waals surface area contributed by atoms with Gasteiger partial charge in [-0.05, 0) is 72.3 Å². The normalized spacial score (nSPS) is 52.4. The molecule has 3 saturated carbocycles. The van der Waals surface area contributed by atoms with Crippen LogP contribution in [0.15, 0.2) is 16.9 Å². The Bertz CT molecular complexity index is 484. The fourth-order valence-corrected chi connectivity index (χ4v) is 6.81. The molecule has 2 heteroatoms. The number of allylic oxidation sites excluding steroid dienone is 2. The second-order valence-corrected chi connectivity index (χ2v) is 8.86. The van der Waals surface area contributed by atoms with Crippen LogP contribution in [0.5, 0.6) is 0 Å². The highest BCUT2D eigenvalue weighted by molar-refractivity contribution is 5.23. The van der Waals surface area contributed by atoms with Crippen LogP contribution in [0.2, 0.25) is 0 Å². The molecular formula is C19H29NO. The first kappa shape index (κ1) is 14.0. The topological polar surface area (TPSA) is 29.4 Å². The molecule has 116 valence electrons. The number of hydrogen-bond donors (Lipinski definition) is 0. The summed E-state index contributed by atoms with van der Waals surface area (Å²) < 4.78 is 0. The van der Waals surface area contributed by atoms with Crippen LogP contribution in [0.25, 0.3) is 0 Å². The summed E-state index contributed by atoms with van der Waals surface area (Å²) in [6.45, 7) is 5.02. The monoisotopic (exact) mass is 287 g/mol. The van der Waals surface area contributed by atoms with E-state index in [0.29, 0.717) is 22.7 Å². The lowest BCUT2D eigenvalue weighted by molar-refractivity contribution is -0.0529. The highest BCUT2D eigenvalue weighted by atomic mass is 16.3. The van der Waals surface area contributed by atoms with Crippen LogP contribution in [0.3, 0.4) is 0 Å². The van der Waals surface area contributed by atoms with Crippen molar-refractivity contribution in [1.29, 1.82) is 0 Å². The van der Waals surface area contributed by atoms with Crippen molar-refractivity contribution in [2.45, 2.75) is 71.6 Å². The number of nitrogens with zero attached hydrogens (tertiary/aromatic N) is 1. The molecule has 0 radical (unpaired) electrons. The zero-order valence-corrected chi connectivity index (χ0v) is 13.6. The maximum Gasteiger partial charge on any atom is 0.0849 e. The van der Waals surface area contributed by atoms with Crippen molar-refractivity contribution in [2.75, 3.05) is 0 Å². The van der Waals surface area contributed by atoms with Crippen molar-refractivity contribution < 1.29 is 0 Å². The molecule has 4 aliphatic carbocycles. The molecule has 2 nitrogen and oxygen atoms in total. The van der Waals surface area contributed by atoms with Gasteiger partial charge in [-0.3, -0.25) is 0 Å². The molecular weight excluding hydrogens is 258 g/mol. The summed E-state index contributed by atoms with van der Waals surface area (Å²) in [6, 6.07) is 0. The van der Waals surface area contributed by atoms with Gasteiger partial charge in [0.25, 0.3) is 0 Å². The van der Waals surface area contributed by atoms with Gasteiger partial charge in [-0.15, -0.1) is 4.91 Å². The molecule has 0 aliphatic heterocycles. The van der Waals surface area contributed by atoms with E-state index in [2.05, 4.69) is 25.1 Å². The van der Waals surface area contributed by atoms with Gasteiger partial charge in [-0.2, -0.15) is 0 Å². The molecule has 3 fully saturated rings. The minimum atomic E-state index is 0.445. The molecule has 0 heterocycles. The Labute approximate surface area is 128 Å². The summed E-state index contributed by atoms with van der Waals surface area (Å²) >= 11 is 0. The lowest BCUT2D eigenvalue weighted by Gasteiger charge is -2.58. The highest BCUT2D eigenvalue weighted by Gasteiger charge is 2.58. The summed E-state index contributed by atoms with van der Waals surface area (Å²) in [5.41, 5.74) is 1.88. The summed E-state index contributed by atoms with van der Waals surface area (Å²) in [7, 11) is 0. The lowest BCUT2D eigenvalue weighted by Crippen LogP contribution is -2.51. The molecule has 0 N–H and O–H groups in total. The fraction of sp³-hybridized carbons (Fsp3) is 0.895. The Morgan fingerprint density at radius 3 is 2.67 bits per heavy atom. The summed E-state index contributed by atoms with van der Waals surface area (Å²) in [6.07, 6.45) is 14.4. The van der Waals surface area contributed by atoms with E-state index in [0.717, 1.165) is 17.5 Å². The van der Waals surface area contributed by atoms with E-state index >= 15 is 0 Å². The van der Waals surface area contributed by atoms with Crippen LogP contribution >= 0.6 is 0 Å². The van der Waals surface area contributed by atoms with Crippen molar-refractivity contribution in [1.82, 2.24) is 0 Å². The maximum absolute atomic E-state index is 11.6. The smallest absolute Gasteiger partial charge is 0.0849 e. The van der Waals surface area contributed by atoms with E-state index < -0.39 is 0 Å². The Morgan fingerprint density at radius 1 is 1.00 bits per heavy atom. The average molecular weight is 287 g/mol. The van der Waals surface area contributed by atoms with Gasteiger partial charge >= 0.3 is 0 Å². The predicted molar refractivity (Wildman–Crippen MR) is 85.6 cm³/mol. The SMILES string of the molecule is C[C@@]12CCC[C@H]1[C@@H]1C(N=O)=CC3CCCC[C@]3(C)[C@H]1CC2. The van der Waals surface area contributed by atoms with Gasteiger partial charge < -0.3 is 0 Å². The zero-order chi connectivity index (χ0) is 14.7. The number of rotatable bonds is 1. The van der Waals surface area contributed by atoms with Gasteiger partial charge in [0.2, 0.25) is 0 Å². The molecule has 0 spiro atoms. The molecule has 0 aromatic carbocycles. The first-order valence-corrected chi connectivity index (χ1v) is 9.13. The zero-order valence-electron chi connectivity index (χ0n) is 13.6. The van der Waals surface area contributed by atoms with Crippen LogP contribution < -0.4 is 0 Å². The summed E-state index contributed by atoms with van der Waals surface area (Å²) in [4.78, 5) is 11.6. The largest absolute Gasteiger partial charge is 0.145 e. The van der Waals surface area contributed by atoms with E-state index in [4.69, 9.17) is 0 Å². The number of hydrogen-bond acceptors (Lipinski definition) is 2. The lowest BCUT2D eigenvalue weighted by atomic mass is 9.47. The Kier molecular flexibility index (Phi) is 3.10. The van der Waals surface area contributed by atoms with Crippen molar-refractivity contribution in [3.8, 4) is 0 Å². The molecule has 0 bridgehead atoms. The third kappa shape index (κ3) is 1.83. The average Bonchev–Trinajstić information content (AvgIpc) is 2.87. The molecule has 0 aromatic rings. The molecule has 21 heavy (non-hydrogen) atoms. The van der Waals surface area contributed by atoms with Gasteiger partial charge in [0, 0.05) is 5.92 Å². The van der Waals surface area contributed by atoms with Gasteiger partial charge in [0.15, 0.2) is 0 Å². The minimum Gasteiger partial charge on any atom is -0.145 e. The number of fused-ring (bicyclic) bond motifs is 5. The van der Waals surface area contributed by atoms with E-state index in [-0.39, 0.29) is 0 Å². The van der Waals surface area contributed by atoms with Gasteiger partial charge in [0.1, 0.15) is 0 Å². The van der Waals surface area contributed by atoms with Crippen LogP contribution in [-0.4, -0.2) is 0 Å². The highest BCUT2D eigenvalue weighted by Crippen LogP contribution is 2.66.